The Morgan fingerprint density at radius 3 is 2.22 bits per heavy atom. The van der Waals surface area contributed by atoms with Gasteiger partial charge in [0, 0.05) is 21.1 Å². The maximum atomic E-state index is 3.62. The van der Waals surface area contributed by atoms with Crippen molar-refractivity contribution < 1.29 is 21.1 Å². The SMILES string of the molecule is C=Cc1cc[c-]cc1.[Pt]. The van der Waals surface area contributed by atoms with Crippen LogP contribution in [0.15, 0.2) is 30.8 Å². The number of hydrogen-bond donors (Lipinski definition) is 0. The maximum Gasteiger partial charge on any atom is 0 e. The minimum atomic E-state index is 0. The van der Waals surface area contributed by atoms with Crippen LogP contribution in [0.2, 0.25) is 0 Å². The van der Waals surface area contributed by atoms with Gasteiger partial charge in [0.15, 0.2) is 0 Å². The summed E-state index contributed by atoms with van der Waals surface area (Å²) in [6, 6.07) is 10.6. The van der Waals surface area contributed by atoms with Gasteiger partial charge in [-0.25, -0.2) is 0 Å². The second-order valence-electron chi connectivity index (χ2n) is 1.54. The van der Waals surface area contributed by atoms with Crippen LogP contribution < -0.4 is 0 Å². The van der Waals surface area contributed by atoms with Crippen molar-refractivity contribution in [1.82, 2.24) is 0 Å². The van der Waals surface area contributed by atoms with E-state index in [0.29, 0.717) is 0 Å². The van der Waals surface area contributed by atoms with Crippen LogP contribution in [0.5, 0.6) is 0 Å². The number of hydrogen-bond acceptors (Lipinski definition) is 0. The predicted molar refractivity (Wildman–Crippen MR) is 35.4 cm³/mol. The first-order chi connectivity index (χ1) is 3.93. The first kappa shape index (κ1) is 8.65. The molecule has 9 heavy (non-hydrogen) atoms. The number of benzene rings is 1. The van der Waals surface area contributed by atoms with Crippen LogP contribution in [0, 0.1) is 6.07 Å². The number of rotatable bonds is 1. The first-order valence-electron chi connectivity index (χ1n) is 2.52. The van der Waals surface area contributed by atoms with Crippen molar-refractivity contribution >= 4 is 6.08 Å². The largest absolute Gasteiger partial charge is 0.184 e. The van der Waals surface area contributed by atoms with Crippen LogP contribution in [0.3, 0.4) is 0 Å². The second-order valence-corrected chi connectivity index (χ2v) is 1.54. The topological polar surface area (TPSA) is 0 Å². The van der Waals surface area contributed by atoms with Gasteiger partial charge in [-0.2, -0.15) is 30.3 Å². The summed E-state index contributed by atoms with van der Waals surface area (Å²) in [5.74, 6) is 0. The van der Waals surface area contributed by atoms with Gasteiger partial charge in [0.05, 0.1) is 0 Å². The molecule has 0 unspecified atom stereocenters. The van der Waals surface area contributed by atoms with Gasteiger partial charge in [0.1, 0.15) is 0 Å². The third-order valence-electron chi connectivity index (χ3n) is 0.980. The van der Waals surface area contributed by atoms with Gasteiger partial charge in [0.25, 0.3) is 0 Å². The van der Waals surface area contributed by atoms with Crippen LogP contribution in [0.25, 0.3) is 6.08 Å². The maximum absolute atomic E-state index is 3.62. The van der Waals surface area contributed by atoms with E-state index >= 15 is 0 Å². The van der Waals surface area contributed by atoms with Crippen molar-refractivity contribution in [2.45, 2.75) is 0 Å². The molecule has 0 nitrogen and oxygen atoms in total. The molecule has 0 aliphatic heterocycles. The van der Waals surface area contributed by atoms with Crippen molar-refractivity contribution in [3.05, 3.63) is 42.5 Å². The summed E-state index contributed by atoms with van der Waals surface area (Å²) in [6.07, 6.45) is 1.81. The van der Waals surface area contributed by atoms with E-state index in [9.17, 15) is 0 Å². The monoisotopic (exact) mass is 298 g/mol. The summed E-state index contributed by atoms with van der Waals surface area (Å²) in [4.78, 5) is 0. The van der Waals surface area contributed by atoms with Gasteiger partial charge in [0.2, 0.25) is 0 Å². The summed E-state index contributed by atoms with van der Waals surface area (Å²) < 4.78 is 0. The fraction of sp³-hybridized carbons (Fsp3) is 0. The quantitative estimate of drug-likeness (QED) is 0.697. The molecule has 1 aromatic carbocycles. The van der Waals surface area contributed by atoms with Gasteiger partial charge < -0.3 is 0 Å². The van der Waals surface area contributed by atoms with Gasteiger partial charge in [-0.05, 0) is 0 Å². The molecule has 1 aromatic rings. The van der Waals surface area contributed by atoms with E-state index in [2.05, 4.69) is 12.6 Å². The standard InChI is InChI=1S/C8H7.Pt/c1-2-8-6-4-3-5-7-8;/h2,4-7H,1H2;/q-1;. The fourth-order valence-electron chi connectivity index (χ4n) is 0.536. The normalized spacial score (nSPS) is 7.56. The summed E-state index contributed by atoms with van der Waals surface area (Å²) in [6.45, 7) is 3.62. The summed E-state index contributed by atoms with van der Waals surface area (Å²) in [7, 11) is 0. The fourth-order valence-corrected chi connectivity index (χ4v) is 0.536. The summed E-state index contributed by atoms with van der Waals surface area (Å²) in [5.41, 5.74) is 1.14. The Labute approximate surface area is 69.9 Å². The molecule has 0 bridgehead atoms. The molecule has 50 valence electrons. The summed E-state index contributed by atoms with van der Waals surface area (Å²) in [5, 5.41) is 0. The molecule has 0 radical (unpaired) electrons. The van der Waals surface area contributed by atoms with E-state index in [1.807, 2.05) is 30.3 Å². The molecule has 1 rings (SSSR count). The van der Waals surface area contributed by atoms with Crippen molar-refractivity contribution in [3.63, 3.8) is 0 Å². The predicted octanol–water partition coefficient (Wildman–Crippen LogP) is 2.13. The minimum Gasteiger partial charge on any atom is -0.184 e. The molecule has 0 fully saturated rings. The molecular formula is C8H7Pt-. The van der Waals surface area contributed by atoms with E-state index in [-0.39, 0.29) is 21.1 Å². The molecule has 0 N–H and O–H groups in total. The zero-order valence-corrected chi connectivity index (χ0v) is 7.18. The smallest absolute Gasteiger partial charge is 0 e. The Hall–Kier alpha value is -0.352. The minimum absolute atomic E-state index is 0. The zero-order chi connectivity index (χ0) is 5.82. The Bertz CT molecular complexity index is 167. The average molecular weight is 298 g/mol. The van der Waals surface area contributed by atoms with Crippen molar-refractivity contribution in [1.29, 1.82) is 0 Å². The third kappa shape index (κ3) is 2.62. The Kier molecular flexibility index (Phi) is 4.34. The molecule has 0 saturated heterocycles. The van der Waals surface area contributed by atoms with Crippen LogP contribution in [0.1, 0.15) is 5.56 Å². The van der Waals surface area contributed by atoms with Gasteiger partial charge >= 0.3 is 0 Å². The molecular weight excluding hydrogens is 291 g/mol. The molecule has 0 aromatic heterocycles. The van der Waals surface area contributed by atoms with Crippen molar-refractivity contribution in [3.8, 4) is 0 Å². The molecule has 0 amide bonds. The van der Waals surface area contributed by atoms with E-state index in [1.54, 1.807) is 0 Å². The molecule has 0 heterocycles. The van der Waals surface area contributed by atoms with Crippen LogP contribution in [0.4, 0.5) is 0 Å². The van der Waals surface area contributed by atoms with Crippen molar-refractivity contribution in [2.75, 3.05) is 0 Å². The molecule has 0 aliphatic rings. The Morgan fingerprint density at radius 2 is 1.89 bits per heavy atom. The average Bonchev–Trinajstić information content (AvgIpc) is 1.90. The molecule has 0 aliphatic carbocycles. The van der Waals surface area contributed by atoms with Gasteiger partial charge in [-0.15, -0.1) is 12.1 Å². The molecule has 0 atom stereocenters. The van der Waals surface area contributed by atoms with E-state index in [4.69, 9.17) is 0 Å². The third-order valence-corrected chi connectivity index (χ3v) is 0.980. The zero-order valence-electron chi connectivity index (χ0n) is 4.91. The molecule has 0 saturated carbocycles. The van der Waals surface area contributed by atoms with Crippen LogP contribution in [-0.2, 0) is 21.1 Å². The Balaban J connectivity index is 0.000000640. The van der Waals surface area contributed by atoms with E-state index in [1.165, 1.54) is 0 Å². The first-order valence-corrected chi connectivity index (χ1v) is 2.52. The van der Waals surface area contributed by atoms with Gasteiger partial charge in [-0.1, -0.05) is 6.08 Å². The van der Waals surface area contributed by atoms with Gasteiger partial charge in [-0.3, -0.25) is 0 Å². The second kappa shape index (κ2) is 4.52. The molecule has 1 heteroatoms. The van der Waals surface area contributed by atoms with Crippen LogP contribution in [-0.4, -0.2) is 0 Å². The van der Waals surface area contributed by atoms with Crippen molar-refractivity contribution in [2.24, 2.45) is 0 Å². The summed E-state index contributed by atoms with van der Waals surface area (Å²) >= 11 is 0. The van der Waals surface area contributed by atoms with E-state index in [0.717, 1.165) is 5.56 Å². The Morgan fingerprint density at radius 1 is 1.33 bits per heavy atom. The van der Waals surface area contributed by atoms with Crippen LogP contribution >= 0.6 is 0 Å². The van der Waals surface area contributed by atoms with E-state index < -0.39 is 0 Å². The molecule has 0 spiro atoms.